The lowest BCUT2D eigenvalue weighted by atomic mass is 9.95. The van der Waals surface area contributed by atoms with Gasteiger partial charge in [-0.05, 0) is 24.1 Å². The Hall–Kier alpha value is -1.51. The Labute approximate surface area is 93.1 Å². The summed E-state index contributed by atoms with van der Waals surface area (Å²) in [6.07, 6.45) is -0.163. The lowest BCUT2D eigenvalue weighted by Gasteiger charge is -2.12. The van der Waals surface area contributed by atoms with Gasteiger partial charge in [-0.2, -0.15) is 13.2 Å². The van der Waals surface area contributed by atoms with Gasteiger partial charge in [0.2, 0.25) is 0 Å². The van der Waals surface area contributed by atoms with E-state index in [1.54, 1.807) is 12.2 Å². The minimum Gasteiger partial charge on any atom is -0.166 e. The molecule has 0 spiro atoms. The Morgan fingerprint density at radius 3 is 2.06 bits per heavy atom. The van der Waals surface area contributed by atoms with Crippen LogP contribution in [0.15, 0.2) is 49.6 Å². The van der Waals surface area contributed by atoms with Gasteiger partial charge in [0.15, 0.2) is 0 Å². The molecule has 86 valence electrons. The molecule has 0 aromatic heterocycles. The van der Waals surface area contributed by atoms with Crippen LogP contribution in [-0.2, 0) is 6.18 Å². The first-order valence-corrected chi connectivity index (χ1v) is 4.89. The van der Waals surface area contributed by atoms with Gasteiger partial charge in [0, 0.05) is 5.92 Å². The quantitative estimate of drug-likeness (QED) is 0.660. The summed E-state index contributed by atoms with van der Waals surface area (Å²) in [4.78, 5) is 0. The van der Waals surface area contributed by atoms with Gasteiger partial charge in [0.05, 0.1) is 5.56 Å². The molecule has 0 aliphatic carbocycles. The second kappa shape index (κ2) is 5.01. The third-order valence-electron chi connectivity index (χ3n) is 2.37. The Morgan fingerprint density at radius 1 is 1.12 bits per heavy atom. The smallest absolute Gasteiger partial charge is 0.166 e. The molecule has 1 atom stereocenters. The molecule has 0 amide bonds. The van der Waals surface area contributed by atoms with Crippen LogP contribution >= 0.6 is 0 Å². The largest absolute Gasteiger partial charge is 0.416 e. The lowest BCUT2D eigenvalue weighted by Crippen LogP contribution is -2.05. The number of hydrogen-bond acceptors (Lipinski definition) is 0. The average Bonchev–Trinajstić information content (AvgIpc) is 2.25. The molecule has 0 nitrogen and oxygen atoms in total. The zero-order valence-electron chi connectivity index (χ0n) is 8.80. The molecule has 0 aliphatic heterocycles. The maximum Gasteiger partial charge on any atom is 0.416 e. The maximum absolute atomic E-state index is 12.3. The second-order valence-corrected chi connectivity index (χ2v) is 3.49. The third kappa shape index (κ3) is 2.99. The van der Waals surface area contributed by atoms with Crippen LogP contribution in [0.5, 0.6) is 0 Å². The van der Waals surface area contributed by atoms with Crippen molar-refractivity contribution in [1.82, 2.24) is 0 Å². The first-order chi connectivity index (χ1) is 7.49. The standard InChI is InChI=1S/C13H13F3/c1-3-5-10(4-2)11-6-8-12(9-7-11)13(14,15)16/h3-4,6-10H,1-2,5H2. The monoisotopic (exact) mass is 226 g/mol. The fraction of sp³-hybridized carbons (Fsp3) is 0.231. The van der Waals surface area contributed by atoms with E-state index in [-0.39, 0.29) is 5.92 Å². The van der Waals surface area contributed by atoms with Crippen LogP contribution in [0.3, 0.4) is 0 Å². The van der Waals surface area contributed by atoms with Gasteiger partial charge in [0.25, 0.3) is 0 Å². The first kappa shape index (κ1) is 12.6. The second-order valence-electron chi connectivity index (χ2n) is 3.49. The van der Waals surface area contributed by atoms with Crippen LogP contribution in [0.1, 0.15) is 23.5 Å². The van der Waals surface area contributed by atoms with Crippen molar-refractivity contribution in [2.45, 2.75) is 18.5 Å². The highest BCUT2D eigenvalue weighted by molar-refractivity contribution is 5.29. The normalized spacial score (nSPS) is 13.2. The summed E-state index contributed by atoms with van der Waals surface area (Å²) in [5.74, 6) is 0.0276. The van der Waals surface area contributed by atoms with E-state index in [2.05, 4.69) is 13.2 Å². The zero-order chi connectivity index (χ0) is 12.2. The third-order valence-corrected chi connectivity index (χ3v) is 2.37. The molecule has 3 heteroatoms. The SMILES string of the molecule is C=CCC(C=C)c1ccc(C(F)(F)F)cc1. The maximum atomic E-state index is 12.3. The molecule has 1 rings (SSSR count). The number of benzene rings is 1. The molecule has 1 unspecified atom stereocenters. The number of halogens is 3. The Balaban J connectivity index is 2.93. The summed E-state index contributed by atoms with van der Waals surface area (Å²) in [5, 5.41) is 0. The summed E-state index contributed by atoms with van der Waals surface area (Å²) in [7, 11) is 0. The van der Waals surface area contributed by atoms with E-state index in [9.17, 15) is 13.2 Å². The van der Waals surface area contributed by atoms with Crippen LogP contribution in [0.2, 0.25) is 0 Å². The molecule has 0 heterocycles. The van der Waals surface area contributed by atoms with Crippen molar-refractivity contribution in [3.63, 3.8) is 0 Å². The molecule has 0 fully saturated rings. The van der Waals surface area contributed by atoms with Crippen molar-refractivity contribution in [3.8, 4) is 0 Å². The summed E-state index contributed by atoms with van der Waals surface area (Å²) in [5.41, 5.74) is 0.195. The van der Waals surface area contributed by atoms with E-state index < -0.39 is 11.7 Å². The minimum atomic E-state index is -4.28. The van der Waals surface area contributed by atoms with E-state index in [1.165, 1.54) is 12.1 Å². The Bertz CT molecular complexity index is 360. The van der Waals surface area contributed by atoms with Crippen LogP contribution in [-0.4, -0.2) is 0 Å². The van der Waals surface area contributed by atoms with Crippen LogP contribution < -0.4 is 0 Å². The van der Waals surface area contributed by atoms with E-state index in [0.29, 0.717) is 6.42 Å². The van der Waals surface area contributed by atoms with Crippen LogP contribution in [0.4, 0.5) is 13.2 Å². The average molecular weight is 226 g/mol. The summed E-state index contributed by atoms with van der Waals surface area (Å²) < 4.78 is 36.9. The molecular weight excluding hydrogens is 213 g/mol. The van der Waals surface area contributed by atoms with E-state index in [1.807, 2.05) is 0 Å². The summed E-state index contributed by atoms with van der Waals surface area (Å²) >= 11 is 0. The van der Waals surface area contributed by atoms with Gasteiger partial charge in [-0.25, -0.2) is 0 Å². The number of allylic oxidation sites excluding steroid dienone is 2. The minimum absolute atomic E-state index is 0.0276. The van der Waals surface area contributed by atoms with Gasteiger partial charge in [-0.1, -0.05) is 24.3 Å². The zero-order valence-corrected chi connectivity index (χ0v) is 8.80. The summed E-state index contributed by atoms with van der Waals surface area (Å²) in [6, 6.07) is 5.15. The van der Waals surface area contributed by atoms with Gasteiger partial charge < -0.3 is 0 Å². The van der Waals surface area contributed by atoms with Crippen LogP contribution in [0.25, 0.3) is 0 Å². The highest BCUT2D eigenvalue weighted by Gasteiger charge is 2.30. The molecule has 1 aromatic rings. The number of rotatable bonds is 4. The van der Waals surface area contributed by atoms with Gasteiger partial charge in [-0.3, -0.25) is 0 Å². The lowest BCUT2D eigenvalue weighted by molar-refractivity contribution is -0.137. The Kier molecular flexibility index (Phi) is 3.93. The molecule has 0 bridgehead atoms. The first-order valence-electron chi connectivity index (χ1n) is 4.89. The van der Waals surface area contributed by atoms with Crippen molar-refractivity contribution in [2.24, 2.45) is 0 Å². The van der Waals surface area contributed by atoms with E-state index in [0.717, 1.165) is 17.7 Å². The molecule has 0 radical (unpaired) electrons. The van der Waals surface area contributed by atoms with Crippen molar-refractivity contribution in [3.05, 3.63) is 60.7 Å². The molecule has 0 saturated heterocycles. The highest BCUT2D eigenvalue weighted by Crippen LogP contribution is 2.30. The molecule has 0 aliphatic rings. The number of alkyl halides is 3. The fourth-order valence-electron chi connectivity index (χ4n) is 1.47. The number of hydrogen-bond donors (Lipinski definition) is 0. The predicted octanol–water partition coefficient (Wildman–Crippen LogP) is 4.55. The van der Waals surface area contributed by atoms with Crippen molar-refractivity contribution < 1.29 is 13.2 Å². The van der Waals surface area contributed by atoms with Crippen molar-refractivity contribution >= 4 is 0 Å². The van der Waals surface area contributed by atoms with Gasteiger partial charge in [0.1, 0.15) is 0 Å². The summed E-state index contributed by atoms with van der Waals surface area (Å²) in [6.45, 7) is 7.26. The molecule has 1 aromatic carbocycles. The van der Waals surface area contributed by atoms with E-state index >= 15 is 0 Å². The topological polar surface area (TPSA) is 0 Å². The van der Waals surface area contributed by atoms with E-state index in [4.69, 9.17) is 0 Å². The molecule has 0 saturated carbocycles. The Morgan fingerprint density at radius 2 is 1.69 bits per heavy atom. The molecule has 0 N–H and O–H groups in total. The van der Waals surface area contributed by atoms with Crippen molar-refractivity contribution in [2.75, 3.05) is 0 Å². The van der Waals surface area contributed by atoms with Gasteiger partial charge in [-0.15, -0.1) is 13.2 Å². The molecular formula is C13H13F3. The van der Waals surface area contributed by atoms with Crippen LogP contribution in [0, 0.1) is 0 Å². The fourth-order valence-corrected chi connectivity index (χ4v) is 1.47. The van der Waals surface area contributed by atoms with Crippen molar-refractivity contribution in [1.29, 1.82) is 0 Å². The van der Waals surface area contributed by atoms with Gasteiger partial charge >= 0.3 is 6.18 Å². The highest BCUT2D eigenvalue weighted by atomic mass is 19.4. The molecule has 16 heavy (non-hydrogen) atoms. The predicted molar refractivity (Wildman–Crippen MR) is 59.2 cm³/mol.